The number of rotatable bonds is 26. The van der Waals surface area contributed by atoms with Crippen LogP contribution in [0.25, 0.3) is 0 Å². The topological polar surface area (TPSA) is 117 Å². The second-order valence-electron chi connectivity index (χ2n) is 8.88. The van der Waals surface area contributed by atoms with Crippen LogP contribution in [-0.4, -0.2) is 49.9 Å². The van der Waals surface area contributed by atoms with Gasteiger partial charge in [0.15, 0.2) is 0 Å². The van der Waals surface area contributed by atoms with E-state index in [1.54, 1.807) is 0 Å². The predicted octanol–water partition coefficient (Wildman–Crippen LogP) is 7.12. The Morgan fingerprint density at radius 1 is 0.795 bits per heavy atom. The molecule has 39 heavy (non-hydrogen) atoms. The van der Waals surface area contributed by atoms with Crippen LogP contribution in [0.3, 0.4) is 0 Å². The Balaban J connectivity index is 4.23. The van der Waals surface area contributed by atoms with Gasteiger partial charge >= 0.3 is 13.8 Å². The van der Waals surface area contributed by atoms with Gasteiger partial charge in [0.2, 0.25) is 0 Å². The number of nitrogens with two attached hydrogens (primary N) is 1. The maximum atomic E-state index is 12.2. The fourth-order valence-corrected chi connectivity index (χ4v) is 3.94. The SMILES string of the molecule is CC/C=C\C/C=C\C/C=C\C/C=C\C/C=C\CCOCC(COP(=O)(O)OCCN)OC(=O)CCCCCC. The summed E-state index contributed by atoms with van der Waals surface area (Å²) in [5.41, 5.74) is 5.29. The number of hydrogen-bond donors (Lipinski definition) is 2. The van der Waals surface area contributed by atoms with Crippen molar-refractivity contribution in [3.05, 3.63) is 60.8 Å². The van der Waals surface area contributed by atoms with E-state index in [2.05, 4.69) is 68.5 Å². The van der Waals surface area contributed by atoms with E-state index < -0.39 is 13.9 Å². The number of phosphoric ester groups is 1. The minimum absolute atomic E-state index is 0.0578. The van der Waals surface area contributed by atoms with Gasteiger partial charge in [-0.05, 0) is 44.9 Å². The third kappa shape index (κ3) is 27.6. The lowest BCUT2D eigenvalue weighted by molar-refractivity contribution is -0.154. The summed E-state index contributed by atoms with van der Waals surface area (Å²) in [7, 11) is -4.27. The fourth-order valence-electron chi connectivity index (χ4n) is 3.17. The maximum absolute atomic E-state index is 12.2. The second-order valence-corrected chi connectivity index (χ2v) is 10.3. The normalized spacial score (nSPS) is 14.9. The van der Waals surface area contributed by atoms with Crippen molar-refractivity contribution in [3.63, 3.8) is 0 Å². The Morgan fingerprint density at radius 3 is 1.95 bits per heavy atom. The van der Waals surface area contributed by atoms with Gasteiger partial charge in [0.1, 0.15) is 6.10 Å². The molecule has 0 radical (unpaired) electrons. The Kier molecular flexibility index (Phi) is 26.5. The highest BCUT2D eigenvalue weighted by Gasteiger charge is 2.25. The van der Waals surface area contributed by atoms with Gasteiger partial charge in [-0.15, -0.1) is 0 Å². The standard InChI is InChI=1S/C30H52NO7P/c1-3-5-7-9-10-11-12-13-14-15-16-17-18-19-20-22-25-35-27-29(28-37-39(33,34)36-26-24-31)38-30(32)23-21-8-6-4-2/h5,7,10-11,13-14,16-17,19-20,29H,3-4,6,8-9,12,15,18,21-28,31H2,1-2H3,(H,33,34)/b7-5-,11-10-,14-13-,17-16-,20-19-. The summed E-state index contributed by atoms with van der Waals surface area (Å²) in [6, 6.07) is 0. The van der Waals surface area contributed by atoms with Gasteiger partial charge in [0.25, 0.3) is 0 Å². The molecule has 0 spiro atoms. The first-order chi connectivity index (χ1) is 18.9. The van der Waals surface area contributed by atoms with Gasteiger partial charge in [-0.3, -0.25) is 13.8 Å². The van der Waals surface area contributed by atoms with Crippen molar-refractivity contribution in [3.8, 4) is 0 Å². The molecule has 2 unspecified atom stereocenters. The number of carbonyl (C=O) groups is 1. The zero-order chi connectivity index (χ0) is 28.9. The molecular formula is C30H52NO7P. The number of allylic oxidation sites excluding steroid dienone is 9. The summed E-state index contributed by atoms with van der Waals surface area (Å²) in [6.45, 7) is 4.39. The number of unbranched alkanes of at least 4 members (excludes halogenated alkanes) is 3. The van der Waals surface area contributed by atoms with Crippen molar-refractivity contribution in [1.29, 1.82) is 0 Å². The molecule has 0 aromatic rings. The molecule has 3 N–H and O–H groups in total. The molecule has 0 amide bonds. The number of carbonyl (C=O) groups excluding carboxylic acids is 1. The molecular weight excluding hydrogens is 517 g/mol. The Labute approximate surface area is 236 Å². The van der Waals surface area contributed by atoms with Crippen LogP contribution in [0.1, 0.15) is 84.5 Å². The smallest absolute Gasteiger partial charge is 0.457 e. The molecule has 224 valence electrons. The quantitative estimate of drug-likeness (QED) is 0.0489. The first-order valence-corrected chi connectivity index (χ1v) is 15.8. The van der Waals surface area contributed by atoms with E-state index >= 15 is 0 Å². The Hall–Kier alpha value is -1.80. The summed E-state index contributed by atoms with van der Waals surface area (Å²) in [4.78, 5) is 21.9. The van der Waals surface area contributed by atoms with E-state index in [4.69, 9.17) is 24.3 Å². The van der Waals surface area contributed by atoms with E-state index in [0.29, 0.717) is 13.0 Å². The van der Waals surface area contributed by atoms with Crippen LogP contribution in [0.2, 0.25) is 0 Å². The fraction of sp³-hybridized carbons (Fsp3) is 0.633. The number of ether oxygens (including phenoxy) is 2. The van der Waals surface area contributed by atoms with E-state index in [1.807, 2.05) is 6.08 Å². The molecule has 0 aliphatic rings. The van der Waals surface area contributed by atoms with Crippen molar-refractivity contribution in [2.24, 2.45) is 5.73 Å². The summed E-state index contributed by atoms with van der Waals surface area (Å²) < 4.78 is 32.6. The molecule has 0 saturated carbocycles. The van der Waals surface area contributed by atoms with Crippen molar-refractivity contribution < 1.29 is 32.8 Å². The Bertz CT molecular complexity index is 777. The Morgan fingerprint density at radius 2 is 1.38 bits per heavy atom. The second kappa shape index (κ2) is 27.8. The van der Waals surface area contributed by atoms with E-state index in [9.17, 15) is 14.3 Å². The van der Waals surface area contributed by atoms with Gasteiger partial charge < -0.3 is 20.1 Å². The summed E-state index contributed by atoms with van der Waals surface area (Å²) >= 11 is 0. The molecule has 0 aliphatic carbocycles. The molecule has 0 aromatic heterocycles. The maximum Gasteiger partial charge on any atom is 0.472 e. The minimum Gasteiger partial charge on any atom is -0.457 e. The number of esters is 1. The van der Waals surface area contributed by atoms with Crippen LogP contribution in [0.15, 0.2) is 60.8 Å². The summed E-state index contributed by atoms with van der Waals surface area (Å²) in [5.74, 6) is -0.378. The monoisotopic (exact) mass is 569 g/mol. The van der Waals surface area contributed by atoms with E-state index in [1.165, 1.54) is 0 Å². The van der Waals surface area contributed by atoms with E-state index in [0.717, 1.165) is 57.8 Å². The largest absolute Gasteiger partial charge is 0.472 e. The van der Waals surface area contributed by atoms with Gasteiger partial charge in [-0.1, -0.05) is 93.9 Å². The van der Waals surface area contributed by atoms with Gasteiger partial charge in [0, 0.05) is 13.0 Å². The van der Waals surface area contributed by atoms with Crippen molar-refractivity contribution >= 4 is 13.8 Å². The van der Waals surface area contributed by atoms with Crippen molar-refractivity contribution in [1.82, 2.24) is 0 Å². The number of phosphoric acid groups is 1. The third-order valence-electron chi connectivity index (χ3n) is 5.22. The first kappa shape index (κ1) is 37.2. The molecule has 8 nitrogen and oxygen atoms in total. The molecule has 2 atom stereocenters. The highest BCUT2D eigenvalue weighted by atomic mass is 31.2. The average Bonchev–Trinajstić information content (AvgIpc) is 2.92. The van der Waals surface area contributed by atoms with Crippen LogP contribution in [0.5, 0.6) is 0 Å². The van der Waals surface area contributed by atoms with Gasteiger partial charge in [0.05, 0.1) is 26.4 Å². The van der Waals surface area contributed by atoms with Gasteiger partial charge in [-0.2, -0.15) is 0 Å². The molecule has 0 aliphatic heterocycles. The lowest BCUT2D eigenvalue weighted by Gasteiger charge is -2.19. The van der Waals surface area contributed by atoms with Crippen LogP contribution < -0.4 is 5.73 Å². The van der Waals surface area contributed by atoms with Crippen LogP contribution in [0, 0.1) is 0 Å². The van der Waals surface area contributed by atoms with Gasteiger partial charge in [-0.25, -0.2) is 4.57 Å². The van der Waals surface area contributed by atoms with Crippen molar-refractivity contribution in [2.45, 2.75) is 90.6 Å². The average molecular weight is 570 g/mol. The molecule has 0 saturated heterocycles. The zero-order valence-corrected chi connectivity index (χ0v) is 25.0. The lowest BCUT2D eigenvalue weighted by atomic mass is 10.1. The number of hydrogen-bond acceptors (Lipinski definition) is 7. The lowest BCUT2D eigenvalue weighted by Crippen LogP contribution is -2.28. The van der Waals surface area contributed by atoms with Crippen molar-refractivity contribution in [2.75, 3.05) is 33.0 Å². The van der Waals surface area contributed by atoms with Crippen LogP contribution >= 0.6 is 7.82 Å². The molecule has 0 fully saturated rings. The summed E-state index contributed by atoms with van der Waals surface area (Å²) in [6.07, 6.45) is 30.3. The first-order valence-electron chi connectivity index (χ1n) is 14.3. The highest BCUT2D eigenvalue weighted by Crippen LogP contribution is 2.43. The molecule has 0 bridgehead atoms. The zero-order valence-electron chi connectivity index (χ0n) is 24.1. The van der Waals surface area contributed by atoms with Crippen LogP contribution in [-0.2, 0) is 27.9 Å². The molecule has 0 aromatic carbocycles. The molecule has 0 rings (SSSR count). The third-order valence-corrected chi connectivity index (χ3v) is 6.20. The van der Waals surface area contributed by atoms with Crippen LogP contribution in [0.4, 0.5) is 0 Å². The predicted molar refractivity (Wildman–Crippen MR) is 159 cm³/mol. The minimum atomic E-state index is -4.27. The summed E-state index contributed by atoms with van der Waals surface area (Å²) in [5, 5.41) is 0. The molecule has 9 heteroatoms. The molecule has 0 heterocycles. The van der Waals surface area contributed by atoms with E-state index in [-0.39, 0.29) is 38.8 Å². The highest BCUT2D eigenvalue weighted by molar-refractivity contribution is 7.47.